The van der Waals surface area contributed by atoms with Gasteiger partial charge in [0.15, 0.2) is 0 Å². The number of aliphatic hydroxyl groups is 1. The maximum Gasteiger partial charge on any atom is 0.407 e. The molecule has 0 saturated carbocycles. The van der Waals surface area contributed by atoms with Crippen molar-refractivity contribution in [2.75, 3.05) is 13.2 Å². The molecule has 0 radical (unpaired) electrons. The van der Waals surface area contributed by atoms with Gasteiger partial charge in [0.25, 0.3) is 0 Å². The molecule has 0 bridgehead atoms. The highest BCUT2D eigenvalue weighted by Gasteiger charge is 2.23. The molecule has 4 nitrogen and oxygen atoms in total. The number of carbonyl (C=O) groups excluding carboxylic acids is 1. The number of hydrogen-bond acceptors (Lipinski definition) is 3. The van der Waals surface area contributed by atoms with Gasteiger partial charge in [0.2, 0.25) is 0 Å². The molecule has 4 heteroatoms. The van der Waals surface area contributed by atoms with Crippen molar-refractivity contribution in [2.45, 2.75) is 46.6 Å². The van der Waals surface area contributed by atoms with Gasteiger partial charge in [0.1, 0.15) is 5.60 Å². The van der Waals surface area contributed by atoms with Crippen LogP contribution >= 0.6 is 0 Å². The fraction of sp³-hybridized carbons (Fsp3) is 0.909. The van der Waals surface area contributed by atoms with Gasteiger partial charge in [-0.15, -0.1) is 0 Å². The third-order valence-corrected chi connectivity index (χ3v) is 2.29. The molecule has 15 heavy (non-hydrogen) atoms. The second kappa shape index (κ2) is 5.35. The molecule has 1 unspecified atom stereocenters. The Morgan fingerprint density at radius 2 is 1.87 bits per heavy atom. The Morgan fingerprint density at radius 1 is 1.33 bits per heavy atom. The molecule has 0 spiro atoms. The van der Waals surface area contributed by atoms with Gasteiger partial charge in [0, 0.05) is 12.0 Å². The van der Waals surface area contributed by atoms with E-state index in [1.165, 1.54) is 0 Å². The van der Waals surface area contributed by atoms with Crippen molar-refractivity contribution >= 4 is 6.09 Å². The minimum atomic E-state index is -0.480. The van der Waals surface area contributed by atoms with Crippen LogP contribution in [0, 0.1) is 5.41 Å². The van der Waals surface area contributed by atoms with Gasteiger partial charge >= 0.3 is 6.09 Å². The van der Waals surface area contributed by atoms with Crippen LogP contribution in [0.3, 0.4) is 0 Å². The first-order valence-corrected chi connectivity index (χ1v) is 5.30. The molecule has 0 fully saturated rings. The number of aliphatic hydroxyl groups excluding tert-OH is 1. The summed E-state index contributed by atoms with van der Waals surface area (Å²) in [5.41, 5.74) is -0.747. The zero-order valence-electron chi connectivity index (χ0n) is 10.4. The van der Waals surface area contributed by atoms with Gasteiger partial charge in [-0.3, -0.25) is 0 Å². The molecule has 0 aromatic rings. The number of ether oxygens (including phenoxy) is 1. The van der Waals surface area contributed by atoms with Gasteiger partial charge in [0.05, 0.1) is 6.61 Å². The molecule has 0 aromatic heterocycles. The largest absolute Gasteiger partial charge is 0.444 e. The summed E-state index contributed by atoms with van der Waals surface area (Å²) in [7, 11) is 0. The topological polar surface area (TPSA) is 58.6 Å². The number of amides is 1. The summed E-state index contributed by atoms with van der Waals surface area (Å²) in [5, 5.41) is 11.8. The van der Waals surface area contributed by atoms with E-state index in [9.17, 15) is 4.79 Å². The molecule has 0 aliphatic rings. The third-order valence-electron chi connectivity index (χ3n) is 2.29. The Bertz CT molecular complexity index is 204. The fourth-order valence-electron chi connectivity index (χ4n) is 0.892. The summed E-state index contributed by atoms with van der Waals surface area (Å²) >= 11 is 0. The van der Waals surface area contributed by atoms with E-state index < -0.39 is 11.7 Å². The molecule has 90 valence electrons. The first-order valence-electron chi connectivity index (χ1n) is 5.30. The predicted molar refractivity (Wildman–Crippen MR) is 59.7 cm³/mol. The lowest BCUT2D eigenvalue weighted by Crippen LogP contribution is -2.40. The minimum Gasteiger partial charge on any atom is -0.444 e. The van der Waals surface area contributed by atoms with E-state index >= 15 is 0 Å². The highest BCUT2D eigenvalue weighted by atomic mass is 16.6. The molecule has 1 atom stereocenters. The molecule has 0 aliphatic carbocycles. The van der Waals surface area contributed by atoms with E-state index in [-0.39, 0.29) is 12.0 Å². The molecular formula is C11H23NO3. The van der Waals surface area contributed by atoms with Gasteiger partial charge < -0.3 is 15.2 Å². The Hall–Kier alpha value is -0.770. The lowest BCUT2D eigenvalue weighted by atomic mass is 9.89. The molecule has 0 aromatic carbocycles. The lowest BCUT2D eigenvalue weighted by Gasteiger charge is -2.27. The van der Waals surface area contributed by atoms with Crippen molar-refractivity contribution in [1.29, 1.82) is 0 Å². The number of hydrogen-bond donors (Lipinski definition) is 2. The van der Waals surface area contributed by atoms with E-state index in [1.54, 1.807) is 0 Å². The average molecular weight is 217 g/mol. The molecule has 0 rings (SSSR count). The first kappa shape index (κ1) is 14.2. The van der Waals surface area contributed by atoms with E-state index in [4.69, 9.17) is 9.84 Å². The van der Waals surface area contributed by atoms with Crippen LogP contribution in [0.4, 0.5) is 4.79 Å². The number of alkyl carbamates (subject to hydrolysis) is 1. The molecule has 0 heterocycles. The van der Waals surface area contributed by atoms with Crippen LogP contribution < -0.4 is 5.32 Å². The summed E-state index contributed by atoms with van der Waals surface area (Å²) in [6.07, 6.45) is 0.370. The number of rotatable bonds is 4. The lowest BCUT2D eigenvalue weighted by molar-refractivity contribution is 0.0476. The fourth-order valence-corrected chi connectivity index (χ4v) is 0.892. The van der Waals surface area contributed by atoms with Crippen molar-refractivity contribution < 1.29 is 14.6 Å². The molecule has 0 aliphatic heterocycles. The van der Waals surface area contributed by atoms with Crippen molar-refractivity contribution in [1.82, 2.24) is 5.32 Å². The van der Waals surface area contributed by atoms with Gasteiger partial charge in [-0.1, -0.05) is 13.8 Å². The Balaban J connectivity index is 4.00. The van der Waals surface area contributed by atoms with Crippen LogP contribution in [0.2, 0.25) is 0 Å². The number of carbonyl (C=O) groups is 1. The third kappa shape index (κ3) is 6.33. The SMILES string of the molecule is CCC(C)(CO)CNC(=O)OC(C)(C)C. The molecular weight excluding hydrogens is 194 g/mol. The predicted octanol–water partition coefficient (Wildman–Crippen LogP) is 1.92. The minimum absolute atomic E-state index is 0.0549. The average Bonchev–Trinajstić information content (AvgIpc) is 2.12. The second-order valence-electron chi connectivity index (χ2n) is 5.18. The summed E-state index contributed by atoms with van der Waals surface area (Å²) in [4.78, 5) is 11.3. The number of nitrogens with one attached hydrogen (secondary N) is 1. The van der Waals surface area contributed by atoms with Crippen molar-refractivity contribution in [3.63, 3.8) is 0 Å². The molecule has 0 saturated heterocycles. The second-order valence-corrected chi connectivity index (χ2v) is 5.18. The Morgan fingerprint density at radius 3 is 2.20 bits per heavy atom. The highest BCUT2D eigenvalue weighted by Crippen LogP contribution is 2.18. The van der Waals surface area contributed by atoms with Gasteiger partial charge in [-0.2, -0.15) is 0 Å². The van der Waals surface area contributed by atoms with Gasteiger partial charge in [-0.25, -0.2) is 4.79 Å². The van der Waals surface area contributed by atoms with Crippen LogP contribution in [-0.2, 0) is 4.74 Å². The van der Waals surface area contributed by atoms with E-state index in [0.29, 0.717) is 6.54 Å². The Labute approximate surface area is 92.0 Å². The van der Waals surface area contributed by atoms with E-state index in [0.717, 1.165) is 6.42 Å². The monoisotopic (exact) mass is 217 g/mol. The van der Waals surface area contributed by atoms with Crippen LogP contribution in [0.5, 0.6) is 0 Å². The summed E-state index contributed by atoms with van der Waals surface area (Å²) in [5.74, 6) is 0. The van der Waals surface area contributed by atoms with E-state index in [1.807, 2.05) is 34.6 Å². The zero-order chi connectivity index (χ0) is 12.1. The normalized spacial score (nSPS) is 15.6. The van der Waals surface area contributed by atoms with Crippen LogP contribution in [0.15, 0.2) is 0 Å². The quantitative estimate of drug-likeness (QED) is 0.756. The summed E-state index contributed by atoms with van der Waals surface area (Å²) < 4.78 is 5.09. The van der Waals surface area contributed by atoms with Crippen molar-refractivity contribution in [3.8, 4) is 0 Å². The first-order chi connectivity index (χ1) is 6.72. The van der Waals surface area contributed by atoms with Crippen LogP contribution in [-0.4, -0.2) is 30.0 Å². The van der Waals surface area contributed by atoms with Gasteiger partial charge in [-0.05, 0) is 27.2 Å². The van der Waals surface area contributed by atoms with Crippen LogP contribution in [0.25, 0.3) is 0 Å². The molecule has 2 N–H and O–H groups in total. The van der Waals surface area contributed by atoms with Crippen LogP contribution in [0.1, 0.15) is 41.0 Å². The zero-order valence-corrected chi connectivity index (χ0v) is 10.4. The standard InChI is InChI=1S/C11H23NO3/c1-6-11(5,8-13)7-12-9(14)15-10(2,3)4/h13H,6-8H2,1-5H3,(H,12,14). The smallest absolute Gasteiger partial charge is 0.407 e. The maximum absolute atomic E-state index is 11.3. The van der Waals surface area contributed by atoms with Crippen molar-refractivity contribution in [3.05, 3.63) is 0 Å². The summed E-state index contributed by atoms with van der Waals surface area (Å²) in [6.45, 7) is 9.83. The molecule has 1 amide bonds. The summed E-state index contributed by atoms with van der Waals surface area (Å²) in [6, 6.07) is 0. The van der Waals surface area contributed by atoms with Crippen molar-refractivity contribution in [2.24, 2.45) is 5.41 Å². The maximum atomic E-state index is 11.3. The highest BCUT2D eigenvalue weighted by molar-refractivity contribution is 5.67. The van der Waals surface area contributed by atoms with E-state index in [2.05, 4.69) is 5.32 Å². The Kier molecular flexibility index (Phi) is 5.08.